The van der Waals surface area contributed by atoms with Crippen LogP contribution in [0.25, 0.3) is 0 Å². The first-order valence-corrected chi connectivity index (χ1v) is 9.17. The molecule has 0 fully saturated rings. The largest absolute Gasteiger partial charge is 0.462 e. The maximum absolute atomic E-state index is 11.2. The number of carbonyl (C=O) groups excluding carboxylic acids is 2. The zero-order chi connectivity index (χ0) is 16.3. The van der Waals surface area contributed by atoms with Crippen LogP contribution in [-0.4, -0.2) is 41.3 Å². The van der Waals surface area contributed by atoms with Crippen molar-refractivity contribution >= 4 is 21.0 Å². The smallest absolute Gasteiger partial charge is 0.333 e. The third-order valence-electron chi connectivity index (χ3n) is 2.84. The molecule has 0 saturated heterocycles. The van der Waals surface area contributed by atoms with Gasteiger partial charge in [0.15, 0.2) is 9.04 Å². The summed E-state index contributed by atoms with van der Waals surface area (Å²) >= 11 is 0. The Hall–Kier alpha value is -1.40. The van der Waals surface area contributed by atoms with Gasteiger partial charge in [0.2, 0.25) is 0 Å². The lowest BCUT2D eigenvalue weighted by Crippen LogP contribution is -2.18. The van der Waals surface area contributed by atoms with Gasteiger partial charge >= 0.3 is 11.9 Å². The van der Waals surface area contributed by atoms with Gasteiger partial charge in [-0.3, -0.25) is 0 Å². The van der Waals surface area contributed by atoms with E-state index in [1.807, 2.05) is 0 Å². The van der Waals surface area contributed by atoms with Crippen LogP contribution in [0.5, 0.6) is 0 Å². The van der Waals surface area contributed by atoms with Crippen molar-refractivity contribution in [3.8, 4) is 0 Å². The van der Waals surface area contributed by atoms with Crippen molar-refractivity contribution in [2.45, 2.75) is 38.8 Å². The van der Waals surface area contributed by atoms with Crippen molar-refractivity contribution in [2.24, 2.45) is 0 Å². The summed E-state index contributed by atoms with van der Waals surface area (Å²) < 4.78 is 15.5. The Bertz CT molecular complexity index is 344. The summed E-state index contributed by atoms with van der Waals surface area (Å²) in [5, 5.41) is 0. The summed E-state index contributed by atoms with van der Waals surface area (Å²) in [7, 11) is 0.390. The Morgan fingerprint density at radius 3 is 1.57 bits per heavy atom. The Kier molecular flexibility index (Phi) is 10.5. The molecule has 120 valence electrons. The highest BCUT2D eigenvalue weighted by Crippen LogP contribution is 2.08. The van der Waals surface area contributed by atoms with E-state index in [0.717, 1.165) is 24.9 Å². The van der Waals surface area contributed by atoms with Crippen LogP contribution in [0.1, 0.15) is 26.7 Å². The minimum Gasteiger partial charge on any atom is -0.462 e. The van der Waals surface area contributed by atoms with E-state index >= 15 is 0 Å². The molecule has 0 aromatic heterocycles. The molecule has 0 bridgehead atoms. The van der Waals surface area contributed by atoms with Crippen molar-refractivity contribution in [3.63, 3.8) is 0 Å². The lowest BCUT2D eigenvalue weighted by atomic mass is 10.4. The van der Waals surface area contributed by atoms with E-state index in [4.69, 9.17) is 13.9 Å². The normalized spacial score (nSPS) is 10.3. The van der Waals surface area contributed by atoms with Crippen LogP contribution < -0.4 is 0 Å². The number of rotatable bonds is 11. The molecule has 0 heterocycles. The predicted octanol–water partition coefficient (Wildman–Crippen LogP) is 2.38. The molecule has 0 radical (unpaired) electrons. The van der Waals surface area contributed by atoms with Crippen LogP contribution in [0.2, 0.25) is 12.1 Å². The first-order valence-electron chi connectivity index (χ1n) is 7.06. The molecule has 0 aliphatic carbocycles. The van der Waals surface area contributed by atoms with Gasteiger partial charge in [-0.05, 0) is 38.8 Å². The molecule has 0 atom stereocenters. The van der Waals surface area contributed by atoms with E-state index in [1.54, 1.807) is 21.0 Å². The number of esters is 2. The Morgan fingerprint density at radius 2 is 1.29 bits per heavy atom. The minimum atomic E-state index is -1.32. The summed E-state index contributed by atoms with van der Waals surface area (Å²) in [6.45, 7) is 11.1. The quantitative estimate of drug-likeness (QED) is 0.254. The number of hydrogen-bond donors (Lipinski definition) is 0. The van der Waals surface area contributed by atoms with Crippen LogP contribution in [0, 0.1) is 0 Å². The van der Waals surface area contributed by atoms with Gasteiger partial charge in [0.1, 0.15) is 0 Å². The van der Waals surface area contributed by atoms with Crippen LogP contribution >= 0.6 is 0 Å². The first-order chi connectivity index (χ1) is 9.88. The third-order valence-corrected chi connectivity index (χ3v) is 5.61. The number of carbonyl (C=O) groups is 2. The molecule has 0 aliphatic heterocycles. The molecule has 0 aliphatic rings. The van der Waals surface area contributed by atoms with Gasteiger partial charge in [0.05, 0.1) is 13.2 Å². The van der Waals surface area contributed by atoms with Crippen LogP contribution in [0.15, 0.2) is 24.3 Å². The first kappa shape index (κ1) is 19.6. The highest BCUT2D eigenvalue weighted by atomic mass is 28.3. The second-order valence-corrected chi connectivity index (χ2v) is 7.84. The summed E-state index contributed by atoms with van der Waals surface area (Å²) in [5.41, 5.74) is 0.824. The highest BCUT2D eigenvalue weighted by Gasteiger charge is 2.12. The Balaban J connectivity index is 3.72. The maximum atomic E-state index is 11.2. The molecule has 5 nitrogen and oxygen atoms in total. The zero-order valence-electron chi connectivity index (χ0n) is 13.3. The van der Waals surface area contributed by atoms with Gasteiger partial charge in [-0.25, -0.2) is 9.59 Å². The average Bonchev–Trinajstić information content (AvgIpc) is 2.44. The molecular formula is C15H26O5Si. The third kappa shape index (κ3) is 10.0. The van der Waals surface area contributed by atoms with E-state index in [0.29, 0.717) is 24.4 Å². The molecule has 0 N–H and O–H groups in total. The van der Waals surface area contributed by atoms with Gasteiger partial charge in [-0.1, -0.05) is 13.2 Å². The predicted molar refractivity (Wildman–Crippen MR) is 84.6 cm³/mol. The second-order valence-electron chi connectivity index (χ2n) is 4.97. The van der Waals surface area contributed by atoms with Crippen LogP contribution in [-0.2, 0) is 23.5 Å². The van der Waals surface area contributed by atoms with Crippen molar-refractivity contribution in [1.29, 1.82) is 0 Å². The topological polar surface area (TPSA) is 61.8 Å². The molecule has 0 unspecified atom stereocenters. The fourth-order valence-electron chi connectivity index (χ4n) is 1.58. The van der Waals surface area contributed by atoms with Gasteiger partial charge in [-0.15, -0.1) is 0 Å². The second kappa shape index (κ2) is 11.3. The minimum absolute atomic E-state index is 0.350. The standard InChI is InChI=1S/C15H26O5Si/c1-12(2)14(16)19-8-6-10-21(18-5)11-7-9-20-15(17)13(3)4/h21H,1,3,6-11H2,2,4-5H3. The molecule has 6 heteroatoms. The van der Waals surface area contributed by atoms with Gasteiger partial charge in [0.25, 0.3) is 0 Å². The number of ether oxygens (including phenoxy) is 2. The monoisotopic (exact) mass is 314 g/mol. The van der Waals surface area contributed by atoms with E-state index in [9.17, 15) is 9.59 Å². The Labute approximate surface area is 128 Å². The lowest BCUT2D eigenvalue weighted by Gasteiger charge is -2.13. The van der Waals surface area contributed by atoms with Crippen molar-refractivity contribution in [3.05, 3.63) is 24.3 Å². The SMILES string of the molecule is C=C(C)C(=O)OCCC[SiH](CCCOC(=O)C(=C)C)OC. The molecule has 0 spiro atoms. The number of hydrogen-bond acceptors (Lipinski definition) is 5. The summed E-state index contributed by atoms with van der Waals surface area (Å²) in [6.07, 6.45) is 1.57. The van der Waals surface area contributed by atoms with Gasteiger partial charge < -0.3 is 13.9 Å². The highest BCUT2D eigenvalue weighted by molar-refractivity contribution is 6.51. The van der Waals surface area contributed by atoms with Crippen molar-refractivity contribution in [2.75, 3.05) is 20.3 Å². The molecule has 0 aromatic carbocycles. The molecule has 0 saturated carbocycles. The van der Waals surface area contributed by atoms with Crippen molar-refractivity contribution in [1.82, 2.24) is 0 Å². The van der Waals surface area contributed by atoms with Gasteiger partial charge in [0, 0.05) is 18.3 Å². The van der Waals surface area contributed by atoms with E-state index in [-0.39, 0.29) is 11.9 Å². The molecule has 21 heavy (non-hydrogen) atoms. The summed E-state index contributed by atoms with van der Waals surface area (Å²) in [6, 6.07) is 1.85. The molecular weight excluding hydrogens is 288 g/mol. The maximum Gasteiger partial charge on any atom is 0.333 e. The molecule has 0 aromatic rings. The zero-order valence-corrected chi connectivity index (χ0v) is 14.4. The summed E-state index contributed by atoms with van der Waals surface area (Å²) in [5.74, 6) is -0.699. The molecule has 0 rings (SSSR count). The van der Waals surface area contributed by atoms with Crippen LogP contribution in [0.3, 0.4) is 0 Å². The lowest BCUT2D eigenvalue weighted by molar-refractivity contribution is -0.139. The van der Waals surface area contributed by atoms with Crippen LogP contribution in [0.4, 0.5) is 0 Å². The molecule has 0 amide bonds. The Morgan fingerprint density at radius 1 is 0.905 bits per heavy atom. The van der Waals surface area contributed by atoms with E-state index in [2.05, 4.69) is 13.2 Å². The van der Waals surface area contributed by atoms with E-state index < -0.39 is 9.04 Å². The fraction of sp³-hybridized carbons (Fsp3) is 0.600. The summed E-state index contributed by atoms with van der Waals surface area (Å²) in [4.78, 5) is 22.4. The average molecular weight is 314 g/mol. The van der Waals surface area contributed by atoms with Gasteiger partial charge in [-0.2, -0.15) is 0 Å². The van der Waals surface area contributed by atoms with Crippen molar-refractivity contribution < 1.29 is 23.5 Å². The van der Waals surface area contributed by atoms with E-state index in [1.165, 1.54) is 0 Å². The fourth-order valence-corrected chi connectivity index (χ4v) is 3.58.